The maximum Gasteiger partial charge on any atom is 0.242 e. The SMILES string of the molecule is CCNC(=O)[C@@H](C)N(Cc1ccc(F)cc1)C(=O)CCc1ccccc1Cl. The molecule has 27 heavy (non-hydrogen) atoms. The van der Waals surface area contributed by atoms with Crippen LogP contribution in [0.3, 0.4) is 0 Å². The van der Waals surface area contributed by atoms with Gasteiger partial charge in [0.1, 0.15) is 11.9 Å². The van der Waals surface area contributed by atoms with Gasteiger partial charge in [-0.05, 0) is 49.6 Å². The fourth-order valence-electron chi connectivity index (χ4n) is 2.78. The maximum absolute atomic E-state index is 13.2. The highest BCUT2D eigenvalue weighted by atomic mass is 35.5. The molecule has 0 aliphatic heterocycles. The van der Waals surface area contributed by atoms with Crippen molar-refractivity contribution in [2.45, 2.75) is 39.3 Å². The lowest BCUT2D eigenvalue weighted by molar-refractivity contribution is -0.140. The van der Waals surface area contributed by atoms with Gasteiger partial charge in [0.2, 0.25) is 11.8 Å². The van der Waals surface area contributed by atoms with E-state index in [-0.39, 0.29) is 30.6 Å². The second kappa shape index (κ2) is 10.1. The number of hydrogen-bond donors (Lipinski definition) is 1. The standard InChI is InChI=1S/C21H24ClFN2O2/c1-3-24-21(27)15(2)25(14-16-8-11-18(23)12-9-16)20(26)13-10-17-6-4-5-7-19(17)22/h4-9,11-12,15H,3,10,13-14H2,1-2H3,(H,24,27)/t15-/m1/s1. The predicted octanol–water partition coefficient (Wildman–Crippen LogP) is 3.97. The summed E-state index contributed by atoms with van der Waals surface area (Å²) in [4.78, 5) is 26.7. The Labute approximate surface area is 164 Å². The third kappa shape index (κ3) is 6.07. The molecule has 0 unspecified atom stereocenters. The van der Waals surface area contributed by atoms with Gasteiger partial charge in [-0.15, -0.1) is 0 Å². The van der Waals surface area contributed by atoms with Crippen LogP contribution in [0.2, 0.25) is 5.02 Å². The van der Waals surface area contributed by atoms with E-state index in [2.05, 4.69) is 5.32 Å². The lowest BCUT2D eigenvalue weighted by Crippen LogP contribution is -2.47. The van der Waals surface area contributed by atoms with Crippen molar-refractivity contribution in [1.29, 1.82) is 0 Å². The summed E-state index contributed by atoms with van der Waals surface area (Å²) in [6, 6.07) is 12.7. The first-order chi connectivity index (χ1) is 12.9. The van der Waals surface area contributed by atoms with E-state index in [4.69, 9.17) is 11.6 Å². The van der Waals surface area contributed by atoms with E-state index in [1.807, 2.05) is 25.1 Å². The summed E-state index contributed by atoms with van der Waals surface area (Å²) >= 11 is 6.16. The molecule has 0 radical (unpaired) electrons. The van der Waals surface area contributed by atoms with Crippen LogP contribution < -0.4 is 5.32 Å². The van der Waals surface area contributed by atoms with Crippen LogP contribution in [0.4, 0.5) is 4.39 Å². The van der Waals surface area contributed by atoms with Crippen molar-refractivity contribution in [3.8, 4) is 0 Å². The summed E-state index contributed by atoms with van der Waals surface area (Å²) in [5, 5.41) is 3.36. The molecule has 144 valence electrons. The first-order valence-corrected chi connectivity index (χ1v) is 9.35. The van der Waals surface area contributed by atoms with Crippen molar-refractivity contribution in [2.24, 2.45) is 0 Å². The number of nitrogens with one attached hydrogen (secondary N) is 1. The minimum atomic E-state index is -0.631. The molecule has 0 aliphatic rings. The Morgan fingerprint density at radius 1 is 1.15 bits per heavy atom. The Balaban J connectivity index is 2.14. The number of halogens is 2. The molecule has 0 saturated heterocycles. The van der Waals surface area contributed by atoms with Crippen molar-refractivity contribution in [3.05, 3.63) is 70.5 Å². The summed E-state index contributed by atoms with van der Waals surface area (Å²) in [6.45, 7) is 4.25. The quantitative estimate of drug-likeness (QED) is 0.741. The van der Waals surface area contributed by atoms with Crippen LogP contribution in [0.25, 0.3) is 0 Å². The second-order valence-corrected chi connectivity index (χ2v) is 6.72. The first kappa shape index (κ1) is 20.9. The van der Waals surface area contributed by atoms with Crippen molar-refractivity contribution in [1.82, 2.24) is 10.2 Å². The number of benzene rings is 2. The summed E-state index contributed by atoms with van der Waals surface area (Å²) < 4.78 is 13.2. The molecule has 0 bridgehead atoms. The fraction of sp³-hybridized carbons (Fsp3) is 0.333. The number of carbonyl (C=O) groups excluding carboxylic acids is 2. The van der Waals surface area contributed by atoms with Gasteiger partial charge in [-0.25, -0.2) is 4.39 Å². The van der Waals surface area contributed by atoms with Gasteiger partial charge in [-0.2, -0.15) is 0 Å². The summed E-state index contributed by atoms with van der Waals surface area (Å²) in [5.41, 5.74) is 1.65. The van der Waals surface area contributed by atoms with E-state index in [0.717, 1.165) is 11.1 Å². The number of aryl methyl sites for hydroxylation is 1. The highest BCUT2D eigenvalue weighted by molar-refractivity contribution is 6.31. The van der Waals surface area contributed by atoms with Gasteiger partial charge in [0.05, 0.1) is 0 Å². The lowest BCUT2D eigenvalue weighted by Gasteiger charge is -2.29. The van der Waals surface area contributed by atoms with E-state index in [9.17, 15) is 14.0 Å². The molecular formula is C21H24ClFN2O2. The van der Waals surface area contributed by atoms with Gasteiger partial charge < -0.3 is 10.2 Å². The molecule has 1 N–H and O–H groups in total. The molecular weight excluding hydrogens is 367 g/mol. The average molecular weight is 391 g/mol. The van der Waals surface area contributed by atoms with Gasteiger partial charge in [0.15, 0.2) is 0 Å². The molecule has 2 aromatic rings. The molecule has 1 atom stereocenters. The number of amides is 2. The highest BCUT2D eigenvalue weighted by Gasteiger charge is 2.25. The first-order valence-electron chi connectivity index (χ1n) is 8.97. The predicted molar refractivity (Wildman–Crippen MR) is 105 cm³/mol. The van der Waals surface area contributed by atoms with Crippen LogP contribution in [0.5, 0.6) is 0 Å². The molecule has 0 saturated carbocycles. The Kier molecular flexibility index (Phi) is 7.80. The van der Waals surface area contributed by atoms with Crippen LogP contribution >= 0.6 is 11.6 Å². The highest BCUT2D eigenvalue weighted by Crippen LogP contribution is 2.18. The largest absolute Gasteiger partial charge is 0.355 e. The zero-order valence-electron chi connectivity index (χ0n) is 15.5. The van der Waals surface area contributed by atoms with Crippen LogP contribution in [0.1, 0.15) is 31.4 Å². The number of carbonyl (C=O) groups is 2. The van der Waals surface area contributed by atoms with Crippen molar-refractivity contribution in [3.63, 3.8) is 0 Å². The van der Waals surface area contributed by atoms with Crippen LogP contribution in [0.15, 0.2) is 48.5 Å². The van der Waals surface area contributed by atoms with E-state index >= 15 is 0 Å². The van der Waals surface area contributed by atoms with Gasteiger partial charge in [-0.1, -0.05) is 41.9 Å². The second-order valence-electron chi connectivity index (χ2n) is 6.31. The third-order valence-corrected chi connectivity index (χ3v) is 4.72. The number of hydrogen-bond acceptors (Lipinski definition) is 2. The molecule has 0 heterocycles. The molecule has 6 heteroatoms. The van der Waals surface area contributed by atoms with Crippen LogP contribution in [-0.4, -0.2) is 29.3 Å². The Morgan fingerprint density at radius 2 is 1.81 bits per heavy atom. The van der Waals surface area contributed by atoms with Crippen LogP contribution in [-0.2, 0) is 22.6 Å². The molecule has 0 fully saturated rings. The normalized spacial score (nSPS) is 11.7. The van der Waals surface area contributed by atoms with Gasteiger partial charge in [0, 0.05) is 24.5 Å². The van der Waals surface area contributed by atoms with Crippen molar-refractivity contribution < 1.29 is 14.0 Å². The van der Waals surface area contributed by atoms with Crippen molar-refractivity contribution >= 4 is 23.4 Å². The molecule has 0 spiro atoms. The van der Waals surface area contributed by atoms with E-state index in [1.54, 1.807) is 25.1 Å². The molecule has 0 aliphatic carbocycles. The minimum absolute atomic E-state index is 0.155. The molecule has 0 aromatic heterocycles. The molecule has 2 rings (SSSR count). The number of likely N-dealkylation sites (N-methyl/N-ethyl adjacent to an activating group) is 1. The Morgan fingerprint density at radius 3 is 2.44 bits per heavy atom. The summed E-state index contributed by atoms with van der Waals surface area (Å²) in [7, 11) is 0. The Hall–Kier alpha value is -2.40. The number of rotatable bonds is 8. The fourth-order valence-corrected chi connectivity index (χ4v) is 3.01. The third-order valence-electron chi connectivity index (χ3n) is 4.35. The van der Waals surface area contributed by atoms with Gasteiger partial charge in [-0.3, -0.25) is 9.59 Å². The van der Waals surface area contributed by atoms with E-state index < -0.39 is 6.04 Å². The lowest BCUT2D eigenvalue weighted by atomic mass is 10.1. The average Bonchev–Trinajstić information content (AvgIpc) is 2.66. The maximum atomic E-state index is 13.2. The van der Waals surface area contributed by atoms with Crippen molar-refractivity contribution in [2.75, 3.05) is 6.54 Å². The number of nitrogens with zero attached hydrogens (tertiary/aromatic N) is 1. The van der Waals surface area contributed by atoms with Crippen LogP contribution in [0, 0.1) is 5.82 Å². The topological polar surface area (TPSA) is 49.4 Å². The zero-order valence-corrected chi connectivity index (χ0v) is 16.3. The summed E-state index contributed by atoms with van der Waals surface area (Å²) in [6.07, 6.45) is 0.717. The molecule has 4 nitrogen and oxygen atoms in total. The summed E-state index contributed by atoms with van der Waals surface area (Å²) in [5.74, 6) is -0.712. The zero-order chi connectivity index (χ0) is 19.8. The Bertz CT molecular complexity index is 780. The van der Waals surface area contributed by atoms with Gasteiger partial charge >= 0.3 is 0 Å². The smallest absolute Gasteiger partial charge is 0.242 e. The monoisotopic (exact) mass is 390 g/mol. The van der Waals surface area contributed by atoms with E-state index in [0.29, 0.717) is 18.0 Å². The molecule has 2 amide bonds. The van der Waals surface area contributed by atoms with E-state index in [1.165, 1.54) is 17.0 Å². The minimum Gasteiger partial charge on any atom is -0.355 e. The molecule has 2 aromatic carbocycles. The van der Waals surface area contributed by atoms with Gasteiger partial charge in [0.25, 0.3) is 0 Å².